The van der Waals surface area contributed by atoms with Crippen molar-refractivity contribution in [2.24, 2.45) is 5.73 Å². The first kappa shape index (κ1) is 11.3. The Morgan fingerprint density at radius 1 is 1.67 bits per heavy atom. The Kier molecular flexibility index (Phi) is 3.91. The van der Waals surface area contributed by atoms with Gasteiger partial charge in [0.25, 0.3) is 0 Å². The Bertz CT molecular complexity index is 340. The number of amides is 1. The number of pyridine rings is 1. The summed E-state index contributed by atoms with van der Waals surface area (Å²) in [7, 11) is 1.80. The molecule has 1 aromatic rings. The lowest BCUT2D eigenvalue weighted by atomic mass is 10.2. The second-order valence-corrected chi connectivity index (χ2v) is 3.40. The monoisotopic (exact) mass is 208 g/mol. The van der Waals surface area contributed by atoms with Crippen LogP contribution in [0.1, 0.15) is 13.3 Å². The fourth-order valence-corrected chi connectivity index (χ4v) is 1.29. The number of rotatable bonds is 5. The van der Waals surface area contributed by atoms with Crippen molar-refractivity contribution in [2.45, 2.75) is 19.4 Å². The van der Waals surface area contributed by atoms with Crippen LogP contribution >= 0.6 is 0 Å². The van der Waals surface area contributed by atoms with Crippen molar-refractivity contribution >= 4 is 17.4 Å². The maximum atomic E-state index is 10.7. The Morgan fingerprint density at radius 3 is 3.00 bits per heavy atom. The van der Waals surface area contributed by atoms with Gasteiger partial charge in [-0.2, -0.15) is 0 Å². The topological polar surface area (TPSA) is 80.0 Å². The summed E-state index contributed by atoms with van der Waals surface area (Å²) in [4.78, 5) is 14.8. The fraction of sp³-hybridized carbons (Fsp3) is 0.400. The summed E-state index contributed by atoms with van der Waals surface area (Å²) in [5, 5.41) is 6.11. The van der Waals surface area contributed by atoms with Crippen LogP contribution in [0.5, 0.6) is 0 Å². The van der Waals surface area contributed by atoms with Crippen molar-refractivity contribution in [1.29, 1.82) is 0 Å². The molecular weight excluding hydrogens is 192 g/mol. The molecule has 4 N–H and O–H groups in total. The Morgan fingerprint density at radius 2 is 2.40 bits per heavy atom. The number of anilines is 2. The summed E-state index contributed by atoms with van der Waals surface area (Å²) in [5.41, 5.74) is 6.02. The zero-order valence-electron chi connectivity index (χ0n) is 8.95. The standard InChI is InChI=1S/C10H16N4O/c1-7(5-9(11)15)14-8-3-4-13-10(6-8)12-2/h3-4,6-7H,5H2,1-2H3,(H2,11,15)(H2,12,13,14). The highest BCUT2D eigenvalue weighted by Crippen LogP contribution is 2.12. The molecule has 5 heteroatoms. The average Bonchev–Trinajstić information content (AvgIpc) is 2.16. The number of nitrogens with one attached hydrogen (secondary N) is 2. The van der Waals surface area contributed by atoms with E-state index in [9.17, 15) is 4.79 Å². The van der Waals surface area contributed by atoms with E-state index < -0.39 is 0 Å². The summed E-state index contributed by atoms with van der Waals surface area (Å²) >= 11 is 0. The van der Waals surface area contributed by atoms with Crippen LogP contribution in [0.2, 0.25) is 0 Å². The van der Waals surface area contributed by atoms with Crippen LogP contribution in [0.4, 0.5) is 11.5 Å². The van der Waals surface area contributed by atoms with Gasteiger partial charge in [0.15, 0.2) is 0 Å². The Hall–Kier alpha value is -1.78. The summed E-state index contributed by atoms with van der Waals surface area (Å²) in [6, 6.07) is 3.74. The van der Waals surface area contributed by atoms with Gasteiger partial charge in [0.05, 0.1) is 0 Å². The molecule has 5 nitrogen and oxygen atoms in total. The Balaban J connectivity index is 2.59. The van der Waals surface area contributed by atoms with Crippen molar-refractivity contribution < 1.29 is 4.79 Å². The van der Waals surface area contributed by atoms with E-state index in [1.165, 1.54) is 0 Å². The van der Waals surface area contributed by atoms with Gasteiger partial charge < -0.3 is 16.4 Å². The highest BCUT2D eigenvalue weighted by Gasteiger charge is 2.05. The van der Waals surface area contributed by atoms with Gasteiger partial charge in [-0.25, -0.2) is 4.98 Å². The zero-order valence-corrected chi connectivity index (χ0v) is 8.95. The first-order chi connectivity index (χ1) is 7.11. The van der Waals surface area contributed by atoms with E-state index in [0.29, 0.717) is 6.42 Å². The molecule has 0 bridgehead atoms. The molecule has 0 aliphatic heterocycles. The van der Waals surface area contributed by atoms with E-state index in [0.717, 1.165) is 11.5 Å². The maximum Gasteiger partial charge on any atom is 0.219 e. The SMILES string of the molecule is CNc1cc(NC(C)CC(N)=O)ccn1. The predicted octanol–water partition coefficient (Wildman–Crippen LogP) is 0.799. The molecule has 1 aromatic heterocycles. The van der Waals surface area contributed by atoms with Gasteiger partial charge in [0.2, 0.25) is 5.91 Å². The van der Waals surface area contributed by atoms with Gasteiger partial charge in [-0.05, 0) is 13.0 Å². The van der Waals surface area contributed by atoms with Crippen LogP contribution in [0.25, 0.3) is 0 Å². The quantitative estimate of drug-likeness (QED) is 0.668. The number of carbonyl (C=O) groups is 1. The summed E-state index contributed by atoms with van der Waals surface area (Å²) in [5.74, 6) is 0.476. The second-order valence-electron chi connectivity index (χ2n) is 3.40. The zero-order chi connectivity index (χ0) is 11.3. The highest BCUT2D eigenvalue weighted by molar-refractivity contribution is 5.74. The molecule has 0 saturated carbocycles. The van der Waals surface area contributed by atoms with Gasteiger partial charge >= 0.3 is 0 Å². The number of primary amides is 1. The molecule has 0 radical (unpaired) electrons. The van der Waals surface area contributed by atoms with Crippen LogP contribution in [0.3, 0.4) is 0 Å². The van der Waals surface area contributed by atoms with E-state index in [1.807, 2.05) is 19.1 Å². The van der Waals surface area contributed by atoms with Gasteiger partial charge in [-0.3, -0.25) is 4.79 Å². The van der Waals surface area contributed by atoms with Crippen LogP contribution in [-0.2, 0) is 4.79 Å². The average molecular weight is 208 g/mol. The highest BCUT2D eigenvalue weighted by atomic mass is 16.1. The van der Waals surface area contributed by atoms with Crippen LogP contribution < -0.4 is 16.4 Å². The van der Waals surface area contributed by atoms with Crippen molar-refractivity contribution in [2.75, 3.05) is 17.7 Å². The number of carbonyl (C=O) groups excluding carboxylic acids is 1. The minimum absolute atomic E-state index is 0.0228. The summed E-state index contributed by atoms with van der Waals surface area (Å²) < 4.78 is 0. The van der Waals surface area contributed by atoms with E-state index >= 15 is 0 Å². The fourth-order valence-electron chi connectivity index (χ4n) is 1.29. The normalized spacial score (nSPS) is 11.9. The molecule has 15 heavy (non-hydrogen) atoms. The van der Waals surface area contributed by atoms with Gasteiger partial charge in [-0.1, -0.05) is 0 Å². The molecule has 0 aromatic carbocycles. The first-order valence-corrected chi connectivity index (χ1v) is 4.80. The molecule has 0 aliphatic carbocycles. The lowest BCUT2D eigenvalue weighted by Crippen LogP contribution is -2.24. The molecule has 0 saturated heterocycles. The molecule has 1 rings (SSSR count). The molecule has 1 heterocycles. The van der Waals surface area contributed by atoms with Crippen LogP contribution in [-0.4, -0.2) is 24.0 Å². The van der Waals surface area contributed by atoms with E-state index in [-0.39, 0.29) is 11.9 Å². The summed E-state index contributed by atoms with van der Waals surface area (Å²) in [6.45, 7) is 1.91. The number of nitrogens with zero attached hydrogens (tertiary/aromatic N) is 1. The first-order valence-electron chi connectivity index (χ1n) is 4.80. The molecule has 1 unspecified atom stereocenters. The minimum atomic E-state index is -0.308. The van der Waals surface area contributed by atoms with Crippen LogP contribution in [0, 0.1) is 0 Å². The van der Waals surface area contributed by atoms with E-state index in [4.69, 9.17) is 5.73 Å². The summed E-state index contributed by atoms with van der Waals surface area (Å²) in [6.07, 6.45) is 2.02. The number of hydrogen-bond donors (Lipinski definition) is 3. The van der Waals surface area contributed by atoms with Crippen molar-refractivity contribution in [3.63, 3.8) is 0 Å². The van der Waals surface area contributed by atoms with Gasteiger partial charge in [0.1, 0.15) is 5.82 Å². The largest absolute Gasteiger partial charge is 0.382 e. The lowest BCUT2D eigenvalue weighted by molar-refractivity contribution is -0.118. The molecule has 1 atom stereocenters. The molecule has 0 aliphatic rings. The third kappa shape index (κ3) is 3.84. The Labute approximate surface area is 89.1 Å². The second kappa shape index (κ2) is 5.19. The number of nitrogens with two attached hydrogens (primary N) is 1. The smallest absolute Gasteiger partial charge is 0.219 e. The molecular formula is C10H16N4O. The minimum Gasteiger partial charge on any atom is -0.382 e. The van der Waals surface area contributed by atoms with E-state index in [2.05, 4.69) is 15.6 Å². The third-order valence-corrected chi connectivity index (χ3v) is 1.94. The third-order valence-electron chi connectivity index (χ3n) is 1.94. The van der Waals surface area contributed by atoms with Gasteiger partial charge in [0, 0.05) is 37.5 Å². The molecule has 1 amide bonds. The number of hydrogen-bond acceptors (Lipinski definition) is 4. The van der Waals surface area contributed by atoms with Crippen LogP contribution in [0.15, 0.2) is 18.3 Å². The van der Waals surface area contributed by atoms with E-state index in [1.54, 1.807) is 13.2 Å². The van der Waals surface area contributed by atoms with Crippen molar-refractivity contribution in [1.82, 2.24) is 4.98 Å². The van der Waals surface area contributed by atoms with Crippen molar-refractivity contribution in [3.8, 4) is 0 Å². The maximum absolute atomic E-state index is 10.7. The lowest BCUT2D eigenvalue weighted by Gasteiger charge is -2.13. The molecule has 0 spiro atoms. The molecule has 0 fully saturated rings. The number of aromatic nitrogens is 1. The molecule has 82 valence electrons. The van der Waals surface area contributed by atoms with Gasteiger partial charge in [-0.15, -0.1) is 0 Å². The van der Waals surface area contributed by atoms with Crippen molar-refractivity contribution in [3.05, 3.63) is 18.3 Å². The predicted molar refractivity (Wildman–Crippen MR) is 60.7 cm³/mol.